The lowest BCUT2D eigenvalue weighted by atomic mass is 9.94. The molecule has 10 heteroatoms. The van der Waals surface area contributed by atoms with Crippen molar-refractivity contribution in [1.29, 1.82) is 0 Å². The molecule has 1 aliphatic rings. The van der Waals surface area contributed by atoms with Gasteiger partial charge in [-0.25, -0.2) is 13.6 Å². The molecule has 1 saturated heterocycles. The minimum atomic E-state index is -0.877. The molecule has 2 N–H and O–H groups in total. The maximum absolute atomic E-state index is 14.0. The minimum Gasteiger partial charge on any atom is -0.333 e. The van der Waals surface area contributed by atoms with E-state index >= 15 is 0 Å². The van der Waals surface area contributed by atoms with Crippen LogP contribution < -0.4 is 10.6 Å². The summed E-state index contributed by atoms with van der Waals surface area (Å²) >= 11 is 0. The molecule has 2 amide bonds. The number of halogens is 2. The first-order valence-corrected chi connectivity index (χ1v) is 12.3. The van der Waals surface area contributed by atoms with Crippen LogP contribution in [0, 0.1) is 25.5 Å². The largest absolute Gasteiger partial charge is 0.333 e. The molecule has 3 aromatic rings. The maximum atomic E-state index is 14.0. The van der Waals surface area contributed by atoms with Crippen molar-refractivity contribution in [3.05, 3.63) is 59.0 Å². The summed E-state index contributed by atoms with van der Waals surface area (Å²) in [5.41, 5.74) is 3.52. The van der Waals surface area contributed by atoms with E-state index in [1.807, 2.05) is 13.8 Å². The molecule has 0 saturated carbocycles. The van der Waals surface area contributed by atoms with Crippen LogP contribution >= 0.6 is 0 Å². The van der Waals surface area contributed by atoms with Gasteiger partial charge in [0.1, 0.15) is 17.2 Å². The monoisotopic (exact) mass is 497 g/mol. The second-order valence-electron chi connectivity index (χ2n) is 9.44. The summed E-state index contributed by atoms with van der Waals surface area (Å²) in [7, 11) is 1.75. The van der Waals surface area contributed by atoms with Gasteiger partial charge < -0.3 is 10.2 Å². The van der Waals surface area contributed by atoms with Gasteiger partial charge >= 0.3 is 6.03 Å². The van der Waals surface area contributed by atoms with Gasteiger partial charge in [-0.1, -0.05) is 25.8 Å². The number of likely N-dealkylation sites (tertiary alicyclic amines) is 1. The van der Waals surface area contributed by atoms with E-state index in [2.05, 4.69) is 37.5 Å². The Labute approximate surface area is 210 Å². The smallest absolute Gasteiger partial charge is 0.320 e. The van der Waals surface area contributed by atoms with Crippen molar-refractivity contribution in [3.8, 4) is 11.4 Å². The molecule has 0 aliphatic carbocycles. The third kappa shape index (κ3) is 5.70. The zero-order valence-corrected chi connectivity index (χ0v) is 21.2. The van der Waals surface area contributed by atoms with E-state index in [4.69, 9.17) is 0 Å². The van der Waals surface area contributed by atoms with Gasteiger partial charge in [-0.3, -0.25) is 20.0 Å². The first-order chi connectivity index (χ1) is 17.3. The predicted molar refractivity (Wildman–Crippen MR) is 135 cm³/mol. The number of rotatable bonds is 8. The summed E-state index contributed by atoms with van der Waals surface area (Å²) in [6.07, 6.45) is 6.63. The van der Waals surface area contributed by atoms with Crippen molar-refractivity contribution in [2.75, 3.05) is 25.0 Å². The third-order valence-electron chi connectivity index (χ3n) is 6.70. The zero-order valence-electron chi connectivity index (χ0n) is 21.2. The van der Waals surface area contributed by atoms with Crippen LogP contribution in [0.1, 0.15) is 48.9 Å². The van der Waals surface area contributed by atoms with Crippen LogP contribution in [-0.4, -0.2) is 56.4 Å². The fraction of sp³-hybridized carbons (Fsp3) is 0.462. The van der Waals surface area contributed by atoms with E-state index in [-0.39, 0.29) is 18.0 Å². The van der Waals surface area contributed by atoms with Crippen molar-refractivity contribution in [1.82, 2.24) is 30.0 Å². The molecule has 2 aromatic heterocycles. The van der Waals surface area contributed by atoms with Crippen LogP contribution in [0.3, 0.4) is 0 Å². The molecule has 36 heavy (non-hydrogen) atoms. The van der Waals surface area contributed by atoms with Crippen LogP contribution in [0.5, 0.6) is 0 Å². The highest BCUT2D eigenvalue weighted by molar-refractivity contribution is 5.90. The fourth-order valence-electron chi connectivity index (χ4n) is 4.76. The van der Waals surface area contributed by atoms with Gasteiger partial charge in [-0.2, -0.15) is 5.10 Å². The van der Waals surface area contributed by atoms with Crippen LogP contribution in [0.25, 0.3) is 11.4 Å². The van der Waals surface area contributed by atoms with E-state index in [1.165, 1.54) is 6.07 Å². The molecule has 3 heterocycles. The zero-order chi connectivity index (χ0) is 25.8. The van der Waals surface area contributed by atoms with Crippen molar-refractivity contribution in [2.24, 2.45) is 7.05 Å². The second kappa shape index (κ2) is 11.1. The number of nitrogens with zero attached hydrogens (tertiary/aromatic N) is 5. The maximum Gasteiger partial charge on any atom is 0.320 e. The Kier molecular flexibility index (Phi) is 7.93. The van der Waals surface area contributed by atoms with E-state index in [1.54, 1.807) is 30.2 Å². The molecule has 4 rings (SSSR count). The summed E-state index contributed by atoms with van der Waals surface area (Å²) in [6, 6.07) is 3.35. The molecule has 0 unspecified atom stereocenters. The normalized spacial score (nSPS) is 17.9. The van der Waals surface area contributed by atoms with Gasteiger partial charge in [0, 0.05) is 37.8 Å². The quantitative estimate of drug-likeness (QED) is 0.446. The Morgan fingerprint density at radius 3 is 2.61 bits per heavy atom. The molecule has 192 valence electrons. The second-order valence-corrected chi connectivity index (χ2v) is 9.44. The SMILES string of the molecule is CCCCCN1C[C@@H](NC(=O)Nc2c(C)c(-c3cnc(C)cn3)nn2C)[C@H](c2ccc(F)c(F)c2)C1. The lowest BCUT2D eigenvalue weighted by molar-refractivity contribution is 0.246. The molecule has 0 radical (unpaired) electrons. The number of urea groups is 1. The molecule has 0 spiro atoms. The van der Waals surface area contributed by atoms with Gasteiger partial charge in [-0.15, -0.1) is 0 Å². The van der Waals surface area contributed by atoms with E-state index in [9.17, 15) is 13.6 Å². The average molecular weight is 498 g/mol. The van der Waals surface area contributed by atoms with Crippen LogP contribution in [-0.2, 0) is 7.05 Å². The Hall–Kier alpha value is -3.40. The highest BCUT2D eigenvalue weighted by Crippen LogP contribution is 2.30. The van der Waals surface area contributed by atoms with Crippen LogP contribution in [0.15, 0.2) is 30.6 Å². The minimum absolute atomic E-state index is 0.154. The Morgan fingerprint density at radius 1 is 1.11 bits per heavy atom. The van der Waals surface area contributed by atoms with E-state index in [0.29, 0.717) is 35.9 Å². The fourth-order valence-corrected chi connectivity index (χ4v) is 4.76. The number of anilines is 1. The Morgan fingerprint density at radius 2 is 1.92 bits per heavy atom. The van der Waals surface area contributed by atoms with Crippen molar-refractivity contribution < 1.29 is 13.6 Å². The summed E-state index contributed by atoms with van der Waals surface area (Å²) in [5, 5.41) is 10.5. The number of hydrogen-bond donors (Lipinski definition) is 2. The van der Waals surface area contributed by atoms with Crippen LogP contribution in [0.4, 0.5) is 19.4 Å². The number of carbonyl (C=O) groups excluding carboxylic acids is 1. The van der Waals surface area contributed by atoms with Gasteiger partial charge in [0.05, 0.1) is 17.9 Å². The number of aromatic nitrogens is 4. The van der Waals surface area contributed by atoms with Gasteiger partial charge in [0.2, 0.25) is 0 Å². The first-order valence-electron chi connectivity index (χ1n) is 12.3. The molecule has 1 aliphatic heterocycles. The van der Waals surface area contributed by atoms with Crippen molar-refractivity contribution >= 4 is 11.8 Å². The summed E-state index contributed by atoms with van der Waals surface area (Å²) in [5.74, 6) is -1.36. The lowest BCUT2D eigenvalue weighted by Gasteiger charge is -2.21. The molecule has 8 nitrogen and oxygen atoms in total. The van der Waals surface area contributed by atoms with Crippen LogP contribution in [0.2, 0.25) is 0 Å². The number of carbonyl (C=O) groups is 1. The van der Waals surface area contributed by atoms with E-state index < -0.39 is 11.6 Å². The molecule has 1 fully saturated rings. The number of aryl methyl sites for hydroxylation is 2. The van der Waals surface area contributed by atoms with Gasteiger partial charge in [-0.05, 0) is 44.5 Å². The third-order valence-corrected chi connectivity index (χ3v) is 6.70. The number of benzene rings is 1. The number of unbranched alkanes of at least 4 members (excludes halogenated alkanes) is 2. The lowest BCUT2D eigenvalue weighted by Crippen LogP contribution is -2.42. The first kappa shape index (κ1) is 25.7. The number of amides is 2. The van der Waals surface area contributed by atoms with E-state index in [0.717, 1.165) is 43.1 Å². The Bertz CT molecular complexity index is 1210. The van der Waals surface area contributed by atoms with Crippen molar-refractivity contribution in [3.63, 3.8) is 0 Å². The highest BCUT2D eigenvalue weighted by Gasteiger charge is 2.35. The highest BCUT2D eigenvalue weighted by atomic mass is 19.2. The molecular formula is C26H33F2N7O. The molecule has 2 atom stereocenters. The van der Waals surface area contributed by atoms with Gasteiger partial charge in [0.15, 0.2) is 11.6 Å². The van der Waals surface area contributed by atoms with Gasteiger partial charge in [0.25, 0.3) is 0 Å². The molecule has 0 bridgehead atoms. The predicted octanol–water partition coefficient (Wildman–Crippen LogP) is 4.55. The summed E-state index contributed by atoms with van der Waals surface area (Å²) in [6.45, 7) is 8.08. The van der Waals surface area contributed by atoms with Crippen molar-refractivity contribution in [2.45, 2.75) is 52.0 Å². The standard InChI is InChI=1S/C26H33F2N7O/c1-5-6-7-10-35-14-19(18-8-9-20(27)21(28)11-18)23(15-35)31-26(36)32-25-17(3)24(33-34(25)4)22-13-29-16(2)12-30-22/h8-9,11-13,19,23H,5-7,10,14-15H2,1-4H3,(H2,31,32,36)/t19-,23+/m0/s1. The molecule has 1 aromatic carbocycles. The number of hydrogen-bond acceptors (Lipinski definition) is 5. The summed E-state index contributed by atoms with van der Waals surface area (Å²) in [4.78, 5) is 24.0. The topological polar surface area (TPSA) is 88.0 Å². The Balaban J connectivity index is 1.50. The molecular weight excluding hydrogens is 464 g/mol. The number of nitrogens with one attached hydrogen (secondary N) is 2. The average Bonchev–Trinajstić information content (AvgIpc) is 3.37. The summed E-state index contributed by atoms with van der Waals surface area (Å²) < 4.78 is 29.2.